The lowest BCUT2D eigenvalue weighted by Crippen LogP contribution is -1.99. The smallest absolute Gasteiger partial charge is 0.308 e. The molecule has 2 heterocycles. The average molecular weight is 306 g/mol. The van der Waals surface area contributed by atoms with Crippen LogP contribution in [-0.2, 0) is 11.2 Å². The molecule has 7 heteroatoms. The zero-order valence-corrected chi connectivity index (χ0v) is 12.1. The van der Waals surface area contributed by atoms with Gasteiger partial charge in [-0.05, 0) is 19.1 Å². The lowest BCUT2D eigenvalue weighted by molar-refractivity contribution is -0.136. The first kappa shape index (κ1) is 13.1. The number of nitrogens with zero attached hydrogens (tertiary/aromatic N) is 2. The van der Waals surface area contributed by atoms with Crippen LogP contribution >= 0.6 is 23.1 Å². The van der Waals surface area contributed by atoms with Crippen molar-refractivity contribution in [1.82, 2.24) is 9.97 Å². The summed E-state index contributed by atoms with van der Waals surface area (Å²) in [5.41, 5.74) is 2.28. The van der Waals surface area contributed by atoms with E-state index in [0.717, 1.165) is 26.0 Å². The van der Waals surface area contributed by atoms with E-state index in [2.05, 4.69) is 9.97 Å². The van der Waals surface area contributed by atoms with Crippen LogP contribution < -0.4 is 0 Å². The molecule has 0 aliphatic heterocycles. The Hall–Kier alpha value is -1.86. The fourth-order valence-electron chi connectivity index (χ4n) is 1.72. The number of hydrogen-bond acceptors (Lipinski definition) is 6. The second kappa shape index (κ2) is 5.26. The maximum Gasteiger partial charge on any atom is 0.308 e. The largest absolute Gasteiger partial charge is 0.481 e. The van der Waals surface area contributed by atoms with E-state index in [1.165, 1.54) is 23.1 Å². The van der Waals surface area contributed by atoms with Gasteiger partial charge in [-0.25, -0.2) is 9.97 Å². The second-order valence-electron chi connectivity index (χ2n) is 4.11. The van der Waals surface area contributed by atoms with Crippen LogP contribution in [0.3, 0.4) is 0 Å². The Morgan fingerprint density at radius 3 is 2.95 bits per heavy atom. The SMILES string of the molecule is Cc1nc(Sc2nc3ccccc3o2)sc1CC(=O)O. The highest BCUT2D eigenvalue weighted by atomic mass is 32.2. The van der Waals surface area contributed by atoms with Crippen molar-refractivity contribution in [1.29, 1.82) is 0 Å². The number of rotatable bonds is 4. The molecule has 20 heavy (non-hydrogen) atoms. The van der Waals surface area contributed by atoms with Gasteiger partial charge in [0.25, 0.3) is 5.22 Å². The van der Waals surface area contributed by atoms with Gasteiger partial charge in [0.1, 0.15) is 5.52 Å². The van der Waals surface area contributed by atoms with Gasteiger partial charge in [0.2, 0.25) is 0 Å². The molecule has 102 valence electrons. The van der Waals surface area contributed by atoms with Crippen molar-refractivity contribution in [3.05, 3.63) is 34.8 Å². The monoisotopic (exact) mass is 306 g/mol. The molecule has 3 rings (SSSR count). The van der Waals surface area contributed by atoms with Crippen molar-refractivity contribution >= 4 is 40.2 Å². The molecule has 0 saturated carbocycles. The summed E-state index contributed by atoms with van der Waals surface area (Å²) in [6.45, 7) is 1.81. The summed E-state index contributed by atoms with van der Waals surface area (Å²) in [6.07, 6.45) is -0.00236. The Labute approximate surface area is 122 Å². The summed E-state index contributed by atoms with van der Waals surface area (Å²) in [6, 6.07) is 7.53. The van der Waals surface area contributed by atoms with Crippen LogP contribution in [-0.4, -0.2) is 21.0 Å². The molecule has 0 amide bonds. The summed E-state index contributed by atoms with van der Waals surface area (Å²) >= 11 is 2.68. The first-order valence-electron chi connectivity index (χ1n) is 5.83. The minimum absolute atomic E-state index is 0.00236. The van der Waals surface area contributed by atoms with Crippen molar-refractivity contribution in [2.45, 2.75) is 22.9 Å². The van der Waals surface area contributed by atoms with Crippen LogP contribution in [0.4, 0.5) is 0 Å². The number of aryl methyl sites for hydroxylation is 1. The van der Waals surface area contributed by atoms with Gasteiger partial charge in [0.05, 0.1) is 12.1 Å². The van der Waals surface area contributed by atoms with E-state index in [9.17, 15) is 4.79 Å². The van der Waals surface area contributed by atoms with E-state index < -0.39 is 5.97 Å². The quantitative estimate of drug-likeness (QED) is 0.796. The van der Waals surface area contributed by atoms with Crippen molar-refractivity contribution in [3.63, 3.8) is 0 Å². The Bertz CT molecular complexity index is 746. The Morgan fingerprint density at radius 1 is 1.40 bits per heavy atom. The number of thiazole rings is 1. The Kier molecular flexibility index (Phi) is 3.45. The Balaban J connectivity index is 1.85. The maximum absolute atomic E-state index is 10.7. The third kappa shape index (κ3) is 2.68. The molecular weight excluding hydrogens is 296 g/mol. The van der Waals surface area contributed by atoms with E-state index >= 15 is 0 Å². The first-order chi connectivity index (χ1) is 9.61. The van der Waals surface area contributed by atoms with E-state index in [4.69, 9.17) is 9.52 Å². The fraction of sp³-hybridized carbons (Fsp3) is 0.154. The molecule has 0 fully saturated rings. The number of carboxylic acid groups (broad SMARTS) is 1. The minimum atomic E-state index is -0.852. The van der Waals surface area contributed by atoms with Crippen molar-refractivity contribution < 1.29 is 14.3 Å². The third-order valence-electron chi connectivity index (χ3n) is 2.63. The van der Waals surface area contributed by atoms with Crippen molar-refractivity contribution in [3.8, 4) is 0 Å². The summed E-state index contributed by atoms with van der Waals surface area (Å²) in [7, 11) is 0. The van der Waals surface area contributed by atoms with Gasteiger partial charge < -0.3 is 9.52 Å². The van der Waals surface area contributed by atoms with E-state index in [1.54, 1.807) is 0 Å². The molecule has 0 radical (unpaired) electrons. The fourth-order valence-corrected chi connectivity index (χ4v) is 3.79. The highest BCUT2D eigenvalue weighted by Crippen LogP contribution is 2.34. The highest BCUT2D eigenvalue weighted by molar-refractivity contribution is 8.00. The van der Waals surface area contributed by atoms with Crippen LogP contribution in [0, 0.1) is 6.92 Å². The molecule has 1 aromatic carbocycles. The number of aromatic nitrogens is 2. The average Bonchev–Trinajstić information content (AvgIpc) is 2.92. The molecule has 0 unspecified atom stereocenters. The zero-order valence-electron chi connectivity index (χ0n) is 10.5. The highest BCUT2D eigenvalue weighted by Gasteiger charge is 2.14. The van der Waals surface area contributed by atoms with Crippen LogP contribution in [0.15, 0.2) is 38.2 Å². The second-order valence-corrected chi connectivity index (χ2v) is 6.39. The number of para-hydroxylation sites is 2. The van der Waals surface area contributed by atoms with Gasteiger partial charge in [0, 0.05) is 16.6 Å². The molecule has 5 nitrogen and oxygen atoms in total. The first-order valence-corrected chi connectivity index (χ1v) is 7.46. The number of benzene rings is 1. The summed E-state index contributed by atoms with van der Waals surface area (Å²) in [4.78, 5) is 20.2. The molecular formula is C13H10N2O3S2. The van der Waals surface area contributed by atoms with E-state index in [1.807, 2.05) is 31.2 Å². The third-order valence-corrected chi connectivity index (χ3v) is 4.70. The van der Waals surface area contributed by atoms with Gasteiger partial charge >= 0.3 is 5.97 Å². The summed E-state index contributed by atoms with van der Waals surface area (Å²) in [5, 5.41) is 9.34. The summed E-state index contributed by atoms with van der Waals surface area (Å²) in [5.74, 6) is -0.852. The molecule has 2 aromatic heterocycles. The normalized spacial score (nSPS) is 11.1. The zero-order chi connectivity index (χ0) is 14.1. The van der Waals surface area contributed by atoms with E-state index in [-0.39, 0.29) is 6.42 Å². The van der Waals surface area contributed by atoms with Gasteiger partial charge in [-0.3, -0.25) is 4.79 Å². The molecule has 0 spiro atoms. The maximum atomic E-state index is 10.7. The predicted molar refractivity (Wildman–Crippen MR) is 76.3 cm³/mol. The lowest BCUT2D eigenvalue weighted by atomic mass is 10.3. The summed E-state index contributed by atoms with van der Waals surface area (Å²) < 4.78 is 6.35. The standard InChI is InChI=1S/C13H10N2O3S2/c1-7-10(6-11(16)17)19-13(14-7)20-12-15-8-4-2-3-5-9(8)18-12/h2-5H,6H2,1H3,(H,16,17). The number of carbonyl (C=O) groups is 1. The van der Waals surface area contributed by atoms with Gasteiger partial charge in [-0.2, -0.15) is 0 Å². The van der Waals surface area contributed by atoms with Crippen molar-refractivity contribution in [2.75, 3.05) is 0 Å². The van der Waals surface area contributed by atoms with Crippen LogP contribution in [0.2, 0.25) is 0 Å². The lowest BCUT2D eigenvalue weighted by Gasteiger charge is -1.89. The number of hydrogen-bond donors (Lipinski definition) is 1. The van der Waals surface area contributed by atoms with Crippen molar-refractivity contribution in [2.24, 2.45) is 0 Å². The number of carboxylic acids is 1. The van der Waals surface area contributed by atoms with Gasteiger partial charge in [-0.1, -0.05) is 12.1 Å². The molecule has 0 saturated heterocycles. The van der Waals surface area contributed by atoms with Crippen LogP contribution in [0.5, 0.6) is 0 Å². The molecule has 0 aliphatic carbocycles. The van der Waals surface area contributed by atoms with E-state index in [0.29, 0.717) is 5.22 Å². The molecule has 0 bridgehead atoms. The van der Waals surface area contributed by atoms with Gasteiger partial charge in [0.15, 0.2) is 9.92 Å². The molecule has 0 atom stereocenters. The molecule has 3 aromatic rings. The van der Waals surface area contributed by atoms with Gasteiger partial charge in [-0.15, -0.1) is 11.3 Å². The number of oxazole rings is 1. The molecule has 1 N–H and O–H groups in total. The van der Waals surface area contributed by atoms with Crippen LogP contribution in [0.1, 0.15) is 10.6 Å². The van der Waals surface area contributed by atoms with Crippen LogP contribution in [0.25, 0.3) is 11.1 Å². The topological polar surface area (TPSA) is 76.2 Å². The minimum Gasteiger partial charge on any atom is -0.481 e. The Morgan fingerprint density at radius 2 is 2.20 bits per heavy atom. The number of fused-ring (bicyclic) bond motifs is 1. The predicted octanol–water partition coefficient (Wildman–Crippen LogP) is 3.37. The number of aliphatic carboxylic acids is 1. The molecule has 0 aliphatic rings.